The Balaban J connectivity index is 1.95. The highest BCUT2D eigenvalue weighted by molar-refractivity contribution is 7.13. The number of rotatable bonds is 3. The van der Waals surface area contributed by atoms with E-state index in [4.69, 9.17) is 4.74 Å². The summed E-state index contributed by atoms with van der Waals surface area (Å²) in [5, 5.41) is 7.62. The van der Waals surface area contributed by atoms with Crippen LogP contribution in [0.3, 0.4) is 0 Å². The molecule has 2 rings (SSSR count). The quantitative estimate of drug-likeness (QED) is 0.903. The van der Waals surface area contributed by atoms with Crippen molar-refractivity contribution in [3.05, 3.63) is 41.4 Å². The van der Waals surface area contributed by atoms with E-state index in [2.05, 4.69) is 15.6 Å². The average molecular weight is 319 g/mol. The number of anilines is 2. The SMILES string of the molecule is CC(C)(C)OC(=O)Nc1ccc(C(=O)Nc2nccs2)cc1. The number of ether oxygens (including phenoxy) is 1. The smallest absolute Gasteiger partial charge is 0.412 e. The average Bonchev–Trinajstić information content (AvgIpc) is 2.90. The van der Waals surface area contributed by atoms with E-state index in [0.29, 0.717) is 16.4 Å². The molecule has 0 aliphatic carbocycles. The van der Waals surface area contributed by atoms with Crippen molar-refractivity contribution in [1.82, 2.24) is 4.98 Å². The van der Waals surface area contributed by atoms with E-state index in [0.717, 1.165) is 0 Å². The van der Waals surface area contributed by atoms with Gasteiger partial charge in [0.15, 0.2) is 5.13 Å². The zero-order chi connectivity index (χ0) is 16.2. The van der Waals surface area contributed by atoms with Gasteiger partial charge in [-0.1, -0.05) is 0 Å². The number of thiazole rings is 1. The van der Waals surface area contributed by atoms with E-state index in [1.165, 1.54) is 11.3 Å². The van der Waals surface area contributed by atoms with Gasteiger partial charge in [0.1, 0.15) is 5.60 Å². The van der Waals surface area contributed by atoms with Crippen molar-refractivity contribution < 1.29 is 14.3 Å². The van der Waals surface area contributed by atoms with Crippen LogP contribution in [0.15, 0.2) is 35.8 Å². The third-order valence-electron chi connectivity index (χ3n) is 2.45. The summed E-state index contributed by atoms with van der Waals surface area (Å²) in [5.41, 5.74) is 0.474. The molecule has 1 heterocycles. The predicted octanol–water partition coefficient (Wildman–Crippen LogP) is 3.74. The molecular weight excluding hydrogens is 302 g/mol. The standard InChI is InChI=1S/C15H17N3O3S/c1-15(2,3)21-14(20)17-11-6-4-10(5-7-11)12(19)18-13-16-8-9-22-13/h4-9H,1-3H3,(H,17,20)(H,16,18,19). The second-order valence-corrected chi connectivity index (χ2v) is 6.39. The van der Waals surface area contributed by atoms with Crippen molar-refractivity contribution in [2.24, 2.45) is 0 Å². The molecule has 0 bridgehead atoms. The fraction of sp³-hybridized carbons (Fsp3) is 0.267. The lowest BCUT2D eigenvalue weighted by Crippen LogP contribution is -2.27. The lowest BCUT2D eigenvalue weighted by Gasteiger charge is -2.19. The molecule has 0 aliphatic rings. The molecule has 7 heteroatoms. The molecule has 0 atom stereocenters. The van der Waals surface area contributed by atoms with Gasteiger partial charge >= 0.3 is 6.09 Å². The van der Waals surface area contributed by atoms with Crippen molar-refractivity contribution in [2.45, 2.75) is 26.4 Å². The Morgan fingerprint density at radius 3 is 2.36 bits per heavy atom. The fourth-order valence-corrected chi connectivity index (χ4v) is 2.10. The molecule has 0 saturated carbocycles. The Hall–Kier alpha value is -2.41. The van der Waals surface area contributed by atoms with Crippen molar-refractivity contribution in [2.75, 3.05) is 10.6 Å². The summed E-state index contributed by atoms with van der Waals surface area (Å²) >= 11 is 1.35. The van der Waals surface area contributed by atoms with Crippen LogP contribution in [-0.2, 0) is 4.74 Å². The summed E-state index contributed by atoms with van der Waals surface area (Å²) in [6, 6.07) is 6.52. The maximum Gasteiger partial charge on any atom is 0.412 e. The summed E-state index contributed by atoms with van der Waals surface area (Å²) in [6.45, 7) is 5.37. The van der Waals surface area contributed by atoms with Gasteiger partial charge in [-0.3, -0.25) is 15.4 Å². The summed E-state index contributed by atoms with van der Waals surface area (Å²) in [7, 11) is 0. The van der Waals surface area contributed by atoms with E-state index in [9.17, 15) is 9.59 Å². The Kier molecular flexibility index (Phi) is 4.77. The molecule has 2 amide bonds. The summed E-state index contributed by atoms with van der Waals surface area (Å²) in [6.07, 6.45) is 1.08. The van der Waals surface area contributed by atoms with Crippen molar-refractivity contribution in [3.8, 4) is 0 Å². The highest BCUT2D eigenvalue weighted by Gasteiger charge is 2.16. The monoisotopic (exact) mass is 319 g/mol. The van der Waals surface area contributed by atoms with Crippen LogP contribution in [0.2, 0.25) is 0 Å². The molecule has 6 nitrogen and oxygen atoms in total. The van der Waals surface area contributed by atoms with E-state index in [-0.39, 0.29) is 5.91 Å². The number of hydrogen-bond donors (Lipinski definition) is 2. The molecule has 0 aliphatic heterocycles. The van der Waals surface area contributed by atoms with Gasteiger partial charge in [0.05, 0.1) is 0 Å². The molecule has 22 heavy (non-hydrogen) atoms. The van der Waals surface area contributed by atoms with Crippen LogP contribution in [0.25, 0.3) is 0 Å². The minimum Gasteiger partial charge on any atom is -0.444 e. The number of nitrogens with zero attached hydrogens (tertiary/aromatic N) is 1. The zero-order valence-electron chi connectivity index (χ0n) is 12.5. The topological polar surface area (TPSA) is 80.3 Å². The van der Waals surface area contributed by atoms with Crippen molar-refractivity contribution >= 4 is 34.2 Å². The molecule has 0 saturated heterocycles. The number of benzene rings is 1. The molecule has 1 aromatic carbocycles. The number of hydrogen-bond acceptors (Lipinski definition) is 5. The normalized spacial score (nSPS) is 10.9. The minimum atomic E-state index is -0.558. The third-order valence-corrected chi connectivity index (χ3v) is 3.13. The van der Waals surface area contributed by atoms with Crippen LogP contribution in [0.1, 0.15) is 31.1 Å². The number of nitrogens with one attached hydrogen (secondary N) is 2. The first-order valence-corrected chi connectivity index (χ1v) is 7.52. The molecule has 0 radical (unpaired) electrons. The maximum atomic E-state index is 12.0. The van der Waals surface area contributed by atoms with Gasteiger partial charge in [0, 0.05) is 22.8 Å². The number of aromatic nitrogens is 1. The zero-order valence-corrected chi connectivity index (χ0v) is 13.4. The van der Waals surface area contributed by atoms with Crippen LogP contribution >= 0.6 is 11.3 Å². The largest absolute Gasteiger partial charge is 0.444 e. The predicted molar refractivity (Wildman–Crippen MR) is 86.4 cm³/mol. The Labute approximate surface area is 132 Å². The number of carbonyl (C=O) groups excluding carboxylic acids is 2. The van der Waals surface area contributed by atoms with Crippen LogP contribution < -0.4 is 10.6 Å². The van der Waals surface area contributed by atoms with Gasteiger partial charge < -0.3 is 4.74 Å². The molecule has 0 spiro atoms. The van der Waals surface area contributed by atoms with E-state index in [1.54, 1.807) is 56.6 Å². The van der Waals surface area contributed by atoms with E-state index in [1.807, 2.05) is 0 Å². The second kappa shape index (κ2) is 6.57. The van der Waals surface area contributed by atoms with Crippen LogP contribution in [0.4, 0.5) is 15.6 Å². The molecule has 1 aromatic heterocycles. The summed E-state index contributed by atoms with van der Waals surface area (Å²) in [4.78, 5) is 27.6. The highest BCUT2D eigenvalue weighted by Crippen LogP contribution is 2.15. The van der Waals surface area contributed by atoms with E-state index < -0.39 is 11.7 Å². The Morgan fingerprint density at radius 1 is 1.14 bits per heavy atom. The van der Waals surface area contributed by atoms with Gasteiger partial charge in [0.25, 0.3) is 5.91 Å². The first kappa shape index (κ1) is 16.0. The summed E-state index contributed by atoms with van der Waals surface area (Å²) in [5.74, 6) is -0.251. The number of carbonyl (C=O) groups is 2. The Morgan fingerprint density at radius 2 is 1.82 bits per heavy atom. The second-order valence-electron chi connectivity index (χ2n) is 5.50. The van der Waals surface area contributed by atoms with Crippen LogP contribution in [0.5, 0.6) is 0 Å². The van der Waals surface area contributed by atoms with Gasteiger partial charge in [-0.05, 0) is 45.0 Å². The van der Waals surface area contributed by atoms with Gasteiger partial charge in [-0.15, -0.1) is 11.3 Å². The highest BCUT2D eigenvalue weighted by atomic mass is 32.1. The Bertz CT molecular complexity index is 646. The fourth-order valence-electron chi connectivity index (χ4n) is 1.58. The number of amides is 2. The van der Waals surface area contributed by atoms with Gasteiger partial charge in [-0.25, -0.2) is 9.78 Å². The van der Waals surface area contributed by atoms with Gasteiger partial charge in [-0.2, -0.15) is 0 Å². The van der Waals surface area contributed by atoms with E-state index >= 15 is 0 Å². The molecule has 0 unspecified atom stereocenters. The third kappa shape index (κ3) is 4.85. The molecular formula is C15H17N3O3S. The minimum absolute atomic E-state index is 0.251. The lowest BCUT2D eigenvalue weighted by atomic mass is 10.2. The van der Waals surface area contributed by atoms with Crippen LogP contribution in [-0.4, -0.2) is 22.6 Å². The summed E-state index contributed by atoms with van der Waals surface area (Å²) < 4.78 is 5.15. The van der Waals surface area contributed by atoms with Gasteiger partial charge in [0.2, 0.25) is 0 Å². The molecule has 2 N–H and O–H groups in total. The molecule has 0 fully saturated rings. The maximum absolute atomic E-state index is 12.0. The first-order valence-electron chi connectivity index (χ1n) is 6.64. The van der Waals surface area contributed by atoms with Crippen LogP contribution in [0, 0.1) is 0 Å². The van der Waals surface area contributed by atoms with Crippen molar-refractivity contribution in [1.29, 1.82) is 0 Å². The molecule has 2 aromatic rings. The first-order chi connectivity index (χ1) is 10.3. The molecule has 116 valence electrons. The van der Waals surface area contributed by atoms with Crippen molar-refractivity contribution in [3.63, 3.8) is 0 Å². The lowest BCUT2D eigenvalue weighted by molar-refractivity contribution is 0.0636.